The smallest absolute Gasteiger partial charge is 0.261 e. The van der Waals surface area contributed by atoms with Gasteiger partial charge in [0.2, 0.25) is 0 Å². The van der Waals surface area contributed by atoms with Gasteiger partial charge in [0.25, 0.3) is 11.8 Å². The van der Waals surface area contributed by atoms with E-state index < -0.39 is 12.5 Å². The van der Waals surface area contributed by atoms with Crippen LogP contribution in [-0.2, 0) is 17.6 Å². The summed E-state index contributed by atoms with van der Waals surface area (Å²) in [6.07, 6.45) is 3.52. The first-order chi connectivity index (χ1) is 14.5. The number of aliphatic hydroxyl groups excluding tert-OH is 1. The second-order valence-corrected chi connectivity index (χ2v) is 9.42. The highest BCUT2D eigenvalue weighted by atomic mass is 32.1. The van der Waals surface area contributed by atoms with Crippen molar-refractivity contribution in [2.45, 2.75) is 76.2 Å². The number of hydrogen-bond acceptors (Lipinski definition) is 7. The molecule has 1 unspecified atom stereocenters. The van der Waals surface area contributed by atoms with Gasteiger partial charge in [-0.2, -0.15) is 4.98 Å². The van der Waals surface area contributed by atoms with Crippen LogP contribution in [0.1, 0.15) is 67.1 Å². The summed E-state index contributed by atoms with van der Waals surface area (Å²) in [5, 5.41) is 26.9. The van der Waals surface area contributed by atoms with E-state index in [0.717, 1.165) is 36.1 Å². The van der Waals surface area contributed by atoms with Gasteiger partial charge in [0.05, 0.1) is 5.56 Å². The number of nitrogens with one attached hydrogen (secondary N) is 1. The number of hydrogen-bond donors (Lipinski definition) is 3. The molecule has 0 bridgehead atoms. The predicted octanol–water partition coefficient (Wildman–Crippen LogP) is 3.62. The fourth-order valence-corrected chi connectivity index (χ4v) is 5.65. The minimum absolute atomic E-state index is 0.315. The molecule has 2 aromatic rings. The number of amides is 1. The zero-order chi connectivity index (χ0) is 20.8. The highest BCUT2D eigenvalue weighted by Gasteiger charge is 2.33. The molecular weight excluding hydrogens is 409 g/mol. The van der Waals surface area contributed by atoms with Crippen LogP contribution in [0.3, 0.4) is 0 Å². The summed E-state index contributed by atoms with van der Waals surface area (Å²) in [6.45, 7) is 0. The van der Waals surface area contributed by atoms with Crippen LogP contribution < -0.4 is 5.32 Å². The summed E-state index contributed by atoms with van der Waals surface area (Å²) in [5.41, 5.74) is 2.45. The highest BCUT2D eigenvalue weighted by molar-refractivity contribution is 7.17. The van der Waals surface area contributed by atoms with Gasteiger partial charge in [0.15, 0.2) is 12.1 Å². The first kappa shape index (κ1) is 19.8. The van der Waals surface area contributed by atoms with Gasteiger partial charge in [-0.05, 0) is 62.5 Å². The molecule has 0 aromatic carbocycles. The Morgan fingerprint density at radius 2 is 2.00 bits per heavy atom. The first-order valence-electron chi connectivity index (χ1n) is 10.5. The van der Waals surface area contributed by atoms with E-state index in [1.165, 1.54) is 11.3 Å². The van der Waals surface area contributed by atoms with Gasteiger partial charge in [-0.15, -0.1) is 11.3 Å². The van der Waals surface area contributed by atoms with Gasteiger partial charge >= 0.3 is 0 Å². The van der Waals surface area contributed by atoms with Crippen molar-refractivity contribution in [3.63, 3.8) is 0 Å². The molecule has 1 amide bonds. The second-order valence-electron chi connectivity index (χ2n) is 8.32. The number of aliphatic hydroxyl groups is 2. The maximum Gasteiger partial charge on any atom is 0.261 e. The van der Waals surface area contributed by atoms with E-state index >= 15 is 0 Å². The van der Waals surface area contributed by atoms with Crippen molar-refractivity contribution in [3.8, 4) is 11.5 Å². The quantitative estimate of drug-likeness (QED) is 0.622. The summed E-state index contributed by atoms with van der Waals surface area (Å²) in [5.74, 6) is 1.03. The Morgan fingerprint density at radius 1 is 1.20 bits per heavy atom. The van der Waals surface area contributed by atoms with Crippen LogP contribution in [0, 0.1) is 0 Å². The number of rotatable bonds is 5. The van der Waals surface area contributed by atoms with Crippen molar-refractivity contribution >= 4 is 22.2 Å². The molecule has 0 radical (unpaired) electrons. The van der Waals surface area contributed by atoms with Gasteiger partial charge in [-0.25, -0.2) is 4.39 Å². The van der Waals surface area contributed by atoms with Crippen LogP contribution in [0.15, 0.2) is 15.7 Å². The third-order valence-electron chi connectivity index (χ3n) is 6.13. The summed E-state index contributed by atoms with van der Waals surface area (Å²) in [7, 11) is 0. The van der Waals surface area contributed by atoms with Crippen molar-refractivity contribution in [2.24, 2.45) is 0 Å². The lowest BCUT2D eigenvalue weighted by atomic mass is 9.90. The summed E-state index contributed by atoms with van der Waals surface area (Å²) < 4.78 is 19.6. The average molecular weight is 434 g/mol. The van der Waals surface area contributed by atoms with E-state index in [-0.39, 0.29) is 5.91 Å². The Balaban J connectivity index is 1.51. The van der Waals surface area contributed by atoms with Crippen LogP contribution in [-0.4, -0.2) is 38.7 Å². The topological polar surface area (TPSA) is 108 Å². The molecule has 1 saturated carbocycles. The number of alkyl halides is 1. The largest absolute Gasteiger partial charge is 0.365 e. The molecule has 1 atom stereocenters. The van der Waals surface area contributed by atoms with Crippen LogP contribution >= 0.6 is 11.3 Å². The van der Waals surface area contributed by atoms with Crippen molar-refractivity contribution in [1.82, 2.24) is 10.1 Å². The number of thiophene rings is 1. The van der Waals surface area contributed by atoms with E-state index in [9.17, 15) is 19.4 Å². The zero-order valence-corrected chi connectivity index (χ0v) is 17.3. The van der Waals surface area contributed by atoms with Crippen LogP contribution in [0.4, 0.5) is 9.39 Å². The predicted molar refractivity (Wildman–Crippen MR) is 109 cm³/mol. The zero-order valence-electron chi connectivity index (χ0n) is 16.5. The molecule has 3 N–H and O–H groups in total. The van der Waals surface area contributed by atoms with Crippen molar-refractivity contribution in [3.05, 3.63) is 27.4 Å². The minimum atomic E-state index is -1.63. The molecule has 5 rings (SSSR count). The van der Waals surface area contributed by atoms with Crippen molar-refractivity contribution in [2.75, 3.05) is 5.32 Å². The number of aromatic nitrogens is 2. The van der Waals surface area contributed by atoms with Crippen LogP contribution in [0.25, 0.3) is 11.5 Å². The van der Waals surface area contributed by atoms with E-state index in [4.69, 9.17) is 4.52 Å². The number of anilines is 1. The van der Waals surface area contributed by atoms with E-state index in [1.54, 1.807) is 0 Å². The monoisotopic (exact) mass is 433 g/mol. The minimum Gasteiger partial charge on any atom is -0.365 e. The molecule has 3 aliphatic rings. The normalized spacial score (nSPS) is 21.8. The Hall–Kier alpha value is -2.10. The maximum absolute atomic E-state index is 14.0. The van der Waals surface area contributed by atoms with Gasteiger partial charge < -0.3 is 20.1 Å². The summed E-state index contributed by atoms with van der Waals surface area (Å²) >= 11 is 1.35. The fourth-order valence-electron chi connectivity index (χ4n) is 4.36. The molecule has 1 fully saturated rings. The van der Waals surface area contributed by atoms with Crippen LogP contribution in [0.2, 0.25) is 0 Å². The van der Waals surface area contributed by atoms with Crippen molar-refractivity contribution < 1.29 is 23.9 Å². The molecule has 0 spiro atoms. The number of nitrogens with zero attached hydrogens (tertiary/aromatic N) is 2. The Kier molecular flexibility index (Phi) is 5.20. The number of fused-ring (bicyclic) bond motifs is 1. The molecule has 0 saturated heterocycles. The van der Waals surface area contributed by atoms with E-state index in [1.807, 2.05) is 0 Å². The number of carbonyl (C=O) groups is 1. The average Bonchev–Trinajstić information content (AvgIpc) is 3.36. The molecular formula is C21H24FN3O4S. The Labute approximate surface area is 177 Å². The Morgan fingerprint density at radius 3 is 2.77 bits per heavy atom. The lowest BCUT2D eigenvalue weighted by Crippen LogP contribution is -2.23. The molecule has 7 nitrogen and oxygen atoms in total. The van der Waals surface area contributed by atoms with Gasteiger partial charge in [-0.1, -0.05) is 5.16 Å². The molecule has 3 aliphatic carbocycles. The fraction of sp³-hybridized carbons (Fsp3) is 0.571. The maximum atomic E-state index is 14.0. The van der Waals surface area contributed by atoms with Crippen LogP contribution in [0.5, 0.6) is 0 Å². The summed E-state index contributed by atoms with van der Waals surface area (Å²) in [4.78, 5) is 18.5. The lowest BCUT2D eigenvalue weighted by molar-refractivity contribution is -0.113. The van der Waals surface area contributed by atoms with Gasteiger partial charge in [0, 0.05) is 22.8 Å². The van der Waals surface area contributed by atoms with E-state index in [2.05, 4.69) is 15.5 Å². The molecule has 0 aliphatic heterocycles. The SMILES string of the molecule is O=C(Nc1sc2c(c1-c1nc(C3CC3)no1)CCC(F)C2)C1=C(C(O)O)CCCC1. The third kappa shape index (κ3) is 3.70. The van der Waals surface area contributed by atoms with Gasteiger partial charge in [-0.3, -0.25) is 4.79 Å². The summed E-state index contributed by atoms with van der Waals surface area (Å²) in [6, 6.07) is 0. The van der Waals surface area contributed by atoms with Crippen molar-refractivity contribution in [1.29, 1.82) is 0 Å². The van der Waals surface area contributed by atoms with Gasteiger partial charge in [0.1, 0.15) is 11.2 Å². The Bertz CT molecular complexity index is 1010. The molecule has 160 valence electrons. The van der Waals surface area contributed by atoms with E-state index in [0.29, 0.717) is 71.4 Å². The highest BCUT2D eigenvalue weighted by Crippen LogP contribution is 2.46. The molecule has 30 heavy (non-hydrogen) atoms. The number of halogens is 1. The standard InChI is InChI=1S/C21H24FN3O4S/c22-11-7-8-14-15(9-11)30-20(16(14)19-23-17(25-29-19)10-5-6-10)24-18(26)12-3-1-2-4-13(12)21(27)28/h10-11,21,27-28H,1-9H2,(H,24,26). The molecule has 9 heteroatoms. The molecule has 2 heterocycles. The second kappa shape index (κ2) is 7.86. The third-order valence-corrected chi connectivity index (χ3v) is 7.30. The first-order valence-corrected chi connectivity index (χ1v) is 11.3. The molecule has 2 aromatic heterocycles. The number of carbonyl (C=O) groups excluding carboxylic acids is 1. The lowest BCUT2D eigenvalue weighted by Gasteiger charge is -2.21.